The van der Waals surface area contributed by atoms with E-state index in [2.05, 4.69) is 22.4 Å². The molecule has 0 bridgehead atoms. The number of nitrogens with zero attached hydrogens (tertiary/aromatic N) is 3. The monoisotopic (exact) mass is 290 g/mol. The fraction of sp³-hybridized carbons (Fsp3) is 0.688. The summed E-state index contributed by atoms with van der Waals surface area (Å²) in [6.45, 7) is 8.47. The van der Waals surface area contributed by atoms with Gasteiger partial charge in [-0.1, -0.05) is 13.3 Å². The molecule has 1 saturated heterocycles. The highest BCUT2D eigenvalue weighted by Gasteiger charge is 2.22. The lowest BCUT2D eigenvalue weighted by Gasteiger charge is -2.30. The molecule has 0 saturated carbocycles. The maximum Gasteiger partial charge on any atom is 0.255 e. The van der Waals surface area contributed by atoms with Crippen LogP contribution in [0.25, 0.3) is 0 Å². The minimum Gasteiger partial charge on any atom is -0.337 e. The number of carbonyl (C=O) groups is 1. The van der Waals surface area contributed by atoms with Crippen molar-refractivity contribution in [3.63, 3.8) is 0 Å². The maximum atomic E-state index is 12.8. The first-order valence-electron chi connectivity index (χ1n) is 7.95. The molecule has 1 aliphatic heterocycles. The summed E-state index contributed by atoms with van der Waals surface area (Å²) in [5, 5.41) is 11.6. The van der Waals surface area contributed by atoms with Gasteiger partial charge in [-0.05, 0) is 45.7 Å². The van der Waals surface area contributed by atoms with Crippen LogP contribution in [0.5, 0.6) is 0 Å². The van der Waals surface area contributed by atoms with Crippen molar-refractivity contribution in [1.82, 2.24) is 20.4 Å². The second kappa shape index (κ2) is 7.50. The molecular weight excluding hydrogens is 264 g/mol. The Balaban J connectivity index is 2.12. The van der Waals surface area contributed by atoms with Crippen LogP contribution in [0.2, 0.25) is 0 Å². The smallest absolute Gasteiger partial charge is 0.255 e. The van der Waals surface area contributed by atoms with Gasteiger partial charge in [0.2, 0.25) is 0 Å². The van der Waals surface area contributed by atoms with E-state index in [4.69, 9.17) is 0 Å². The summed E-state index contributed by atoms with van der Waals surface area (Å²) in [7, 11) is 0. The number of nitrogens with one attached hydrogen (secondary N) is 1. The van der Waals surface area contributed by atoms with E-state index < -0.39 is 0 Å². The van der Waals surface area contributed by atoms with E-state index in [1.807, 2.05) is 24.8 Å². The first-order valence-corrected chi connectivity index (χ1v) is 7.95. The van der Waals surface area contributed by atoms with E-state index in [-0.39, 0.29) is 5.91 Å². The zero-order valence-electron chi connectivity index (χ0n) is 13.4. The van der Waals surface area contributed by atoms with E-state index in [1.54, 1.807) is 0 Å². The van der Waals surface area contributed by atoms with E-state index in [0.29, 0.717) is 17.3 Å². The minimum absolute atomic E-state index is 0.0831. The van der Waals surface area contributed by atoms with Gasteiger partial charge in [-0.25, -0.2) is 0 Å². The lowest BCUT2D eigenvalue weighted by Crippen LogP contribution is -2.46. The summed E-state index contributed by atoms with van der Waals surface area (Å²) in [4.78, 5) is 14.8. The zero-order valence-corrected chi connectivity index (χ0v) is 13.4. The van der Waals surface area contributed by atoms with Crippen LogP contribution >= 0.6 is 0 Å². The second-order valence-corrected chi connectivity index (χ2v) is 5.88. The van der Waals surface area contributed by atoms with Crippen molar-refractivity contribution in [2.45, 2.75) is 52.5 Å². The number of rotatable bonds is 5. The van der Waals surface area contributed by atoms with Gasteiger partial charge >= 0.3 is 0 Å². The Morgan fingerprint density at radius 2 is 2.19 bits per heavy atom. The van der Waals surface area contributed by atoms with Crippen LogP contribution in [0.1, 0.15) is 54.4 Å². The van der Waals surface area contributed by atoms with Crippen molar-refractivity contribution in [2.24, 2.45) is 0 Å². The first-order chi connectivity index (χ1) is 10.1. The third-order valence-electron chi connectivity index (χ3n) is 3.97. The molecule has 5 nitrogen and oxygen atoms in total. The average molecular weight is 290 g/mol. The Hall–Kier alpha value is -1.49. The molecule has 1 atom stereocenters. The van der Waals surface area contributed by atoms with Crippen LogP contribution < -0.4 is 5.32 Å². The highest BCUT2D eigenvalue weighted by atomic mass is 16.2. The van der Waals surface area contributed by atoms with Gasteiger partial charge in [0.25, 0.3) is 5.91 Å². The minimum atomic E-state index is 0.0831. The Labute approximate surface area is 127 Å². The summed E-state index contributed by atoms with van der Waals surface area (Å²) in [5.41, 5.74) is 2.19. The Bertz CT molecular complexity index is 483. The Morgan fingerprint density at radius 1 is 1.38 bits per heavy atom. The van der Waals surface area contributed by atoms with Gasteiger partial charge in [-0.15, -0.1) is 0 Å². The second-order valence-electron chi connectivity index (χ2n) is 5.88. The zero-order chi connectivity index (χ0) is 15.2. The summed E-state index contributed by atoms with van der Waals surface area (Å²) < 4.78 is 0. The van der Waals surface area contributed by atoms with Crippen LogP contribution in [0, 0.1) is 13.8 Å². The lowest BCUT2D eigenvalue weighted by atomic mass is 10.0. The van der Waals surface area contributed by atoms with Gasteiger partial charge in [0.15, 0.2) is 0 Å². The van der Waals surface area contributed by atoms with Crippen molar-refractivity contribution < 1.29 is 4.79 Å². The Morgan fingerprint density at radius 3 is 2.86 bits per heavy atom. The quantitative estimate of drug-likeness (QED) is 0.902. The molecule has 1 fully saturated rings. The lowest BCUT2D eigenvalue weighted by molar-refractivity contribution is 0.0730. The number of piperidine rings is 1. The number of hydrogen-bond acceptors (Lipinski definition) is 4. The summed E-state index contributed by atoms with van der Waals surface area (Å²) in [5.74, 6) is 0.0831. The number of carbonyl (C=O) groups excluding carboxylic acids is 1. The van der Waals surface area contributed by atoms with E-state index >= 15 is 0 Å². The van der Waals surface area contributed by atoms with Crippen molar-refractivity contribution in [2.75, 3.05) is 19.6 Å². The highest BCUT2D eigenvalue weighted by molar-refractivity contribution is 5.95. The highest BCUT2D eigenvalue weighted by Crippen LogP contribution is 2.13. The van der Waals surface area contributed by atoms with E-state index in [9.17, 15) is 4.79 Å². The molecule has 1 unspecified atom stereocenters. The molecule has 0 aromatic carbocycles. The van der Waals surface area contributed by atoms with Crippen LogP contribution in [-0.2, 0) is 0 Å². The third kappa shape index (κ3) is 4.24. The molecule has 1 amide bonds. The summed E-state index contributed by atoms with van der Waals surface area (Å²) >= 11 is 0. The summed E-state index contributed by atoms with van der Waals surface area (Å²) in [6.07, 6.45) is 4.61. The average Bonchev–Trinajstić information content (AvgIpc) is 2.49. The molecule has 1 aromatic heterocycles. The molecule has 1 aliphatic rings. The molecule has 2 rings (SSSR count). The predicted octanol–water partition coefficient (Wildman–Crippen LogP) is 2.09. The molecule has 0 radical (unpaired) electrons. The molecule has 0 spiro atoms. The van der Waals surface area contributed by atoms with Gasteiger partial charge in [0.05, 0.1) is 17.0 Å². The first kappa shape index (κ1) is 15.9. The van der Waals surface area contributed by atoms with Crippen LogP contribution in [0.3, 0.4) is 0 Å². The number of amides is 1. The molecule has 5 heteroatoms. The van der Waals surface area contributed by atoms with E-state index in [1.165, 1.54) is 12.8 Å². The molecule has 1 aromatic rings. The number of aryl methyl sites for hydroxylation is 2. The van der Waals surface area contributed by atoms with Gasteiger partial charge in [-0.3, -0.25) is 4.79 Å². The van der Waals surface area contributed by atoms with Crippen molar-refractivity contribution in [3.05, 3.63) is 23.0 Å². The topological polar surface area (TPSA) is 58.1 Å². The third-order valence-corrected chi connectivity index (χ3v) is 3.97. The Kier molecular flexibility index (Phi) is 5.67. The van der Waals surface area contributed by atoms with Crippen molar-refractivity contribution in [1.29, 1.82) is 0 Å². The van der Waals surface area contributed by atoms with Gasteiger partial charge in [0, 0.05) is 19.1 Å². The van der Waals surface area contributed by atoms with Crippen LogP contribution in [0.4, 0.5) is 0 Å². The molecule has 116 valence electrons. The molecule has 2 heterocycles. The van der Waals surface area contributed by atoms with Crippen LogP contribution in [0.15, 0.2) is 6.07 Å². The SMILES string of the molecule is CCCN(CC1CCCCN1)C(=O)c1cc(C)nnc1C. The van der Waals surface area contributed by atoms with Gasteiger partial charge in [0.1, 0.15) is 0 Å². The number of hydrogen-bond donors (Lipinski definition) is 1. The maximum absolute atomic E-state index is 12.8. The largest absolute Gasteiger partial charge is 0.337 e. The fourth-order valence-electron chi connectivity index (χ4n) is 2.83. The fourth-order valence-corrected chi connectivity index (χ4v) is 2.83. The predicted molar refractivity (Wildman–Crippen MR) is 83.3 cm³/mol. The normalized spacial score (nSPS) is 18.5. The van der Waals surface area contributed by atoms with Gasteiger partial charge in [-0.2, -0.15) is 10.2 Å². The standard InChI is InChI=1S/C16H26N4O/c1-4-9-20(11-14-7-5-6-8-17-14)16(21)15-10-12(2)18-19-13(15)3/h10,14,17H,4-9,11H2,1-3H3. The van der Waals surface area contributed by atoms with Gasteiger partial charge < -0.3 is 10.2 Å². The number of aromatic nitrogens is 2. The van der Waals surface area contributed by atoms with Crippen molar-refractivity contribution in [3.8, 4) is 0 Å². The molecular formula is C16H26N4O. The van der Waals surface area contributed by atoms with Crippen molar-refractivity contribution >= 4 is 5.91 Å². The van der Waals surface area contributed by atoms with E-state index in [0.717, 1.165) is 38.2 Å². The molecule has 21 heavy (non-hydrogen) atoms. The van der Waals surface area contributed by atoms with Crippen LogP contribution in [-0.4, -0.2) is 46.7 Å². The molecule has 0 aliphatic carbocycles. The molecule has 1 N–H and O–H groups in total. The summed E-state index contributed by atoms with van der Waals surface area (Å²) in [6, 6.07) is 2.27.